The first-order valence-corrected chi connectivity index (χ1v) is 6.15. The van der Waals surface area contributed by atoms with E-state index in [1.54, 1.807) is 37.6 Å². The molecule has 0 fully saturated rings. The standard InChI is InChI=1S/C15H12N2O3/c1-20-11-5-6-12-13(8-11)17(15(19)14(12)18)9-10-4-2-3-7-16-10/h2-8H,9H2,1H3. The largest absolute Gasteiger partial charge is 0.497 e. The van der Waals surface area contributed by atoms with Crippen LogP contribution in [0.1, 0.15) is 16.1 Å². The Morgan fingerprint density at radius 3 is 2.75 bits per heavy atom. The minimum absolute atomic E-state index is 0.269. The fourth-order valence-electron chi connectivity index (χ4n) is 2.21. The number of amides is 1. The van der Waals surface area contributed by atoms with Gasteiger partial charge in [0.1, 0.15) is 5.75 Å². The molecule has 0 spiro atoms. The molecule has 0 N–H and O–H groups in total. The first-order valence-electron chi connectivity index (χ1n) is 6.15. The predicted octanol–water partition coefficient (Wildman–Crippen LogP) is 1.82. The quantitative estimate of drug-likeness (QED) is 0.797. The van der Waals surface area contributed by atoms with Gasteiger partial charge in [-0.2, -0.15) is 0 Å². The molecule has 0 saturated carbocycles. The molecule has 1 aromatic heterocycles. The lowest BCUT2D eigenvalue weighted by Gasteiger charge is -2.16. The van der Waals surface area contributed by atoms with Gasteiger partial charge in [0, 0.05) is 12.3 Å². The van der Waals surface area contributed by atoms with Crippen LogP contribution in [0.15, 0.2) is 42.6 Å². The first kappa shape index (κ1) is 12.3. The molecule has 5 heteroatoms. The number of nitrogens with zero attached hydrogens (tertiary/aromatic N) is 2. The number of ketones is 1. The van der Waals surface area contributed by atoms with Crippen molar-refractivity contribution in [1.29, 1.82) is 0 Å². The second kappa shape index (κ2) is 4.77. The summed E-state index contributed by atoms with van der Waals surface area (Å²) < 4.78 is 5.14. The van der Waals surface area contributed by atoms with Crippen molar-refractivity contribution >= 4 is 17.4 Å². The molecular weight excluding hydrogens is 256 g/mol. The van der Waals surface area contributed by atoms with Gasteiger partial charge in [0.15, 0.2) is 0 Å². The number of fused-ring (bicyclic) bond motifs is 1. The Morgan fingerprint density at radius 1 is 1.20 bits per heavy atom. The molecule has 3 rings (SSSR count). The maximum Gasteiger partial charge on any atom is 0.299 e. The lowest BCUT2D eigenvalue weighted by Crippen LogP contribution is -2.29. The van der Waals surface area contributed by atoms with Crippen LogP contribution in [0.4, 0.5) is 5.69 Å². The highest BCUT2D eigenvalue weighted by Gasteiger charge is 2.36. The van der Waals surface area contributed by atoms with Crippen molar-refractivity contribution in [2.45, 2.75) is 6.54 Å². The van der Waals surface area contributed by atoms with E-state index >= 15 is 0 Å². The molecule has 2 aromatic rings. The number of carbonyl (C=O) groups excluding carboxylic acids is 2. The molecule has 0 unspecified atom stereocenters. The summed E-state index contributed by atoms with van der Waals surface area (Å²) in [6, 6.07) is 10.5. The number of ether oxygens (including phenoxy) is 1. The van der Waals surface area contributed by atoms with Gasteiger partial charge >= 0.3 is 0 Å². The summed E-state index contributed by atoms with van der Waals surface area (Å²) in [5.41, 5.74) is 1.71. The molecule has 0 radical (unpaired) electrons. The maximum atomic E-state index is 12.1. The molecule has 1 aliphatic rings. The molecule has 5 nitrogen and oxygen atoms in total. The molecule has 1 aromatic carbocycles. The van der Waals surface area contributed by atoms with E-state index in [9.17, 15) is 9.59 Å². The lowest BCUT2D eigenvalue weighted by atomic mass is 10.1. The Morgan fingerprint density at radius 2 is 2.05 bits per heavy atom. The van der Waals surface area contributed by atoms with Crippen LogP contribution in [0.3, 0.4) is 0 Å². The number of pyridine rings is 1. The van der Waals surface area contributed by atoms with E-state index in [1.807, 2.05) is 12.1 Å². The third-order valence-electron chi connectivity index (χ3n) is 3.23. The highest BCUT2D eigenvalue weighted by Crippen LogP contribution is 2.33. The fourth-order valence-corrected chi connectivity index (χ4v) is 2.21. The number of hydrogen-bond acceptors (Lipinski definition) is 4. The molecule has 20 heavy (non-hydrogen) atoms. The lowest BCUT2D eigenvalue weighted by molar-refractivity contribution is -0.114. The second-order valence-corrected chi connectivity index (χ2v) is 4.42. The summed E-state index contributed by atoms with van der Waals surface area (Å²) in [6.07, 6.45) is 1.66. The van der Waals surface area contributed by atoms with Crippen molar-refractivity contribution < 1.29 is 14.3 Å². The number of aromatic nitrogens is 1. The van der Waals surface area contributed by atoms with Crippen LogP contribution in [-0.2, 0) is 11.3 Å². The third kappa shape index (κ3) is 1.93. The Balaban J connectivity index is 2.00. The Labute approximate surface area is 115 Å². The molecule has 1 amide bonds. The van der Waals surface area contributed by atoms with Gasteiger partial charge in [-0.3, -0.25) is 19.5 Å². The first-order chi connectivity index (χ1) is 9.70. The van der Waals surface area contributed by atoms with Gasteiger partial charge in [0.2, 0.25) is 0 Å². The van der Waals surface area contributed by atoms with E-state index in [0.717, 1.165) is 5.69 Å². The summed E-state index contributed by atoms with van der Waals surface area (Å²) in [7, 11) is 1.55. The van der Waals surface area contributed by atoms with Crippen LogP contribution >= 0.6 is 0 Å². The Bertz CT molecular complexity index is 683. The SMILES string of the molecule is COc1ccc2c(c1)N(Cc1ccccn1)C(=O)C2=O. The number of carbonyl (C=O) groups is 2. The van der Waals surface area contributed by atoms with Gasteiger partial charge in [-0.15, -0.1) is 0 Å². The zero-order chi connectivity index (χ0) is 14.1. The highest BCUT2D eigenvalue weighted by atomic mass is 16.5. The molecule has 1 aliphatic heterocycles. The monoisotopic (exact) mass is 268 g/mol. The second-order valence-electron chi connectivity index (χ2n) is 4.42. The van der Waals surface area contributed by atoms with Crippen molar-refractivity contribution in [3.8, 4) is 5.75 Å². The van der Waals surface area contributed by atoms with Gasteiger partial charge in [0.05, 0.1) is 30.6 Å². The van der Waals surface area contributed by atoms with E-state index in [0.29, 0.717) is 17.0 Å². The number of hydrogen-bond donors (Lipinski definition) is 0. The Kier molecular flexibility index (Phi) is 2.95. The van der Waals surface area contributed by atoms with Gasteiger partial charge in [0.25, 0.3) is 11.7 Å². The fraction of sp³-hybridized carbons (Fsp3) is 0.133. The van der Waals surface area contributed by atoms with Crippen molar-refractivity contribution in [1.82, 2.24) is 4.98 Å². The van der Waals surface area contributed by atoms with Gasteiger partial charge in [-0.25, -0.2) is 0 Å². The number of Topliss-reactive ketones (excluding diaryl/α,β-unsaturated/α-hetero) is 1. The van der Waals surface area contributed by atoms with Crippen LogP contribution in [0.2, 0.25) is 0 Å². The average molecular weight is 268 g/mol. The van der Waals surface area contributed by atoms with Crippen molar-refractivity contribution in [2.75, 3.05) is 12.0 Å². The van der Waals surface area contributed by atoms with Gasteiger partial charge < -0.3 is 4.74 Å². The maximum absolute atomic E-state index is 12.1. The average Bonchev–Trinajstić information content (AvgIpc) is 2.73. The van der Waals surface area contributed by atoms with E-state index in [1.165, 1.54) is 4.90 Å². The topological polar surface area (TPSA) is 59.5 Å². The summed E-state index contributed by atoms with van der Waals surface area (Å²) in [6.45, 7) is 0.269. The summed E-state index contributed by atoms with van der Waals surface area (Å²) >= 11 is 0. The van der Waals surface area contributed by atoms with Crippen molar-refractivity contribution in [2.24, 2.45) is 0 Å². The number of benzene rings is 1. The summed E-state index contributed by atoms with van der Waals surface area (Å²) in [4.78, 5) is 29.6. The molecule has 2 heterocycles. The van der Waals surface area contributed by atoms with Crippen molar-refractivity contribution in [3.05, 3.63) is 53.9 Å². The molecular formula is C15H12N2O3. The predicted molar refractivity (Wildman–Crippen MR) is 72.8 cm³/mol. The van der Waals surface area contributed by atoms with Crippen molar-refractivity contribution in [3.63, 3.8) is 0 Å². The number of methoxy groups -OCH3 is 1. The van der Waals surface area contributed by atoms with Gasteiger partial charge in [-0.1, -0.05) is 6.07 Å². The molecule has 0 bridgehead atoms. The van der Waals surface area contributed by atoms with Crippen LogP contribution < -0.4 is 9.64 Å². The van der Waals surface area contributed by atoms with Crippen LogP contribution in [0.25, 0.3) is 0 Å². The van der Waals surface area contributed by atoms with E-state index in [-0.39, 0.29) is 6.54 Å². The highest BCUT2D eigenvalue weighted by molar-refractivity contribution is 6.52. The van der Waals surface area contributed by atoms with Gasteiger partial charge in [-0.05, 0) is 24.3 Å². The molecule has 100 valence electrons. The van der Waals surface area contributed by atoms with Crippen LogP contribution in [-0.4, -0.2) is 23.8 Å². The molecule has 0 aliphatic carbocycles. The minimum Gasteiger partial charge on any atom is -0.497 e. The summed E-state index contributed by atoms with van der Waals surface area (Å²) in [5.74, 6) is -0.408. The number of rotatable bonds is 3. The third-order valence-corrected chi connectivity index (χ3v) is 3.23. The molecule has 0 atom stereocenters. The Hall–Kier alpha value is -2.69. The minimum atomic E-state index is -0.529. The van der Waals surface area contributed by atoms with E-state index < -0.39 is 11.7 Å². The zero-order valence-corrected chi connectivity index (χ0v) is 10.9. The zero-order valence-electron chi connectivity index (χ0n) is 10.9. The van der Waals surface area contributed by atoms with Crippen LogP contribution in [0, 0.1) is 0 Å². The van der Waals surface area contributed by atoms with Crippen LogP contribution in [0.5, 0.6) is 5.75 Å². The normalized spacial score (nSPS) is 13.6. The summed E-state index contributed by atoms with van der Waals surface area (Å²) in [5, 5.41) is 0. The van der Waals surface area contributed by atoms with E-state index in [2.05, 4.69) is 4.98 Å². The number of anilines is 1. The van der Waals surface area contributed by atoms with E-state index in [4.69, 9.17) is 4.74 Å². The smallest absolute Gasteiger partial charge is 0.299 e. The molecule has 0 saturated heterocycles.